The molecule has 0 aromatic carbocycles. The Labute approximate surface area is 149 Å². The summed E-state index contributed by atoms with van der Waals surface area (Å²) in [7, 11) is 0. The molecule has 0 fully saturated rings. The zero-order valence-electron chi connectivity index (χ0n) is 13.1. The molecule has 8 nitrogen and oxygen atoms in total. The van der Waals surface area contributed by atoms with Gasteiger partial charge in [0.15, 0.2) is 12.7 Å². The molecule has 0 radical (unpaired) electrons. The van der Waals surface area contributed by atoms with Crippen LogP contribution in [0.1, 0.15) is 0 Å². The van der Waals surface area contributed by atoms with Crippen LogP contribution in [-0.4, -0.2) is 50.0 Å². The fourth-order valence-corrected chi connectivity index (χ4v) is 2.08. The summed E-state index contributed by atoms with van der Waals surface area (Å²) in [6.07, 6.45) is 0.0109. The van der Waals surface area contributed by atoms with E-state index < -0.39 is 18.1 Å². The second-order valence-electron chi connectivity index (χ2n) is 4.52. The van der Waals surface area contributed by atoms with E-state index in [4.69, 9.17) is 15.0 Å². The topological polar surface area (TPSA) is 120 Å². The van der Waals surface area contributed by atoms with Crippen LogP contribution in [0.5, 0.6) is 0 Å². The van der Waals surface area contributed by atoms with E-state index in [1.54, 1.807) is 17.1 Å². The van der Waals surface area contributed by atoms with Crippen molar-refractivity contribution >= 4 is 23.7 Å². The largest absolute Gasteiger partial charge is 0.542 e. The first kappa shape index (κ1) is 21.3. The maximum Gasteiger partial charge on any atom is 0.430 e. The minimum atomic E-state index is -5.19. The number of nitrogens with zero attached hydrogens (tertiary/aromatic N) is 4. The summed E-state index contributed by atoms with van der Waals surface area (Å²) in [5.74, 6) is -2.96. The molecule has 0 atom stereocenters. The van der Waals surface area contributed by atoms with Crippen LogP contribution in [0.15, 0.2) is 36.8 Å². The summed E-state index contributed by atoms with van der Waals surface area (Å²) in [5, 5.41) is 29.4. The van der Waals surface area contributed by atoms with Crippen molar-refractivity contribution in [3.05, 3.63) is 36.8 Å². The Balaban J connectivity index is 0.000000412. The molecule has 2 heterocycles. The van der Waals surface area contributed by atoms with Gasteiger partial charge >= 0.3 is 12.1 Å². The van der Waals surface area contributed by atoms with Crippen LogP contribution in [0.2, 0.25) is 0 Å². The molecule has 0 aliphatic heterocycles. The molecule has 0 spiro atoms. The lowest BCUT2D eigenvalue weighted by atomic mass is 10.2. The summed E-state index contributed by atoms with van der Waals surface area (Å²) in [5.41, 5.74) is 1.69. The second-order valence-corrected chi connectivity index (χ2v) is 5.62. The second kappa shape index (κ2) is 10.3. The van der Waals surface area contributed by atoms with Gasteiger partial charge in [0.1, 0.15) is 12.2 Å². The van der Waals surface area contributed by atoms with Crippen LogP contribution < -0.4 is 9.79 Å². The van der Waals surface area contributed by atoms with E-state index in [1.807, 2.05) is 24.4 Å². The molecule has 2 aromatic rings. The fraction of sp³-hybridized carbons (Fsp3) is 0.286. The molecule has 0 saturated heterocycles. The van der Waals surface area contributed by atoms with E-state index in [2.05, 4.69) is 15.3 Å². The standard InChI is InChI=1S/C12H12N4O2S.C2HF3O2/c17-12(18)9-19-7-6-16-5-3-10(8-14-16)11-2-1-4-13-15-11;3-2(4,5)1(6)7/h1-5,8H,6-7,9H2;(H,6,7). The Bertz CT molecular complexity index is 714. The first-order valence-electron chi connectivity index (χ1n) is 6.91. The first-order valence-corrected chi connectivity index (χ1v) is 8.07. The van der Waals surface area contributed by atoms with Gasteiger partial charge in [-0.05, 0) is 17.2 Å². The smallest absolute Gasteiger partial charge is 0.430 e. The number of carbonyl (C=O) groups excluding carboxylic acids is 1. The van der Waals surface area contributed by atoms with Gasteiger partial charge in [0.2, 0.25) is 0 Å². The number of carboxylic acids is 2. The number of halogens is 3. The van der Waals surface area contributed by atoms with E-state index in [1.165, 1.54) is 11.8 Å². The summed E-state index contributed by atoms with van der Waals surface area (Å²) in [4.78, 5) is 19.1. The SMILES string of the molecule is O=C(O)CSCC[n+]1ccc(-c2cccnn2)cn1.O=C([O-])C(F)(F)F. The molecule has 2 rings (SSSR count). The highest BCUT2D eigenvalue weighted by Crippen LogP contribution is 2.12. The highest BCUT2D eigenvalue weighted by atomic mass is 32.2. The molecule has 26 heavy (non-hydrogen) atoms. The van der Waals surface area contributed by atoms with Crippen molar-refractivity contribution in [3.8, 4) is 11.3 Å². The van der Waals surface area contributed by atoms with E-state index in [0.29, 0.717) is 12.3 Å². The van der Waals surface area contributed by atoms with Crippen LogP contribution in [0.4, 0.5) is 13.2 Å². The van der Waals surface area contributed by atoms with Gasteiger partial charge in [-0.15, -0.1) is 11.8 Å². The maximum atomic E-state index is 10.5. The zero-order chi connectivity index (χ0) is 19.6. The van der Waals surface area contributed by atoms with Crippen molar-refractivity contribution in [2.45, 2.75) is 12.7 Å². The van der Waals surface area contributed by atoms with Crippen LogP contribution in [0, 0.1) is 0 Å². The Kier molecular flexibility index (Phi) is 8.42. The molecular weight excluding hydrogens is 377 g/mol. The van der Waals surface area contributed by atoms with Crippen LogP contribution in [0.25, 0.3) is 11.3 Å². The maximum absolute atomic E-state index is 10.5. The number of aliphatic carboxylic acids is 2. The monoisotopic (exact) mass is 390 g/mol. The predicted molar refractivity (Wildman–Crippen MR) is 81.5 cm³/mol. The van der Waals surface area contributed by atoms with Crippen LogP contribution in [-0.2, 0) is 16.1 Å². The van der Waals surface area contributed by atoms with E-state index in [0.717, 1.165) is 11.3 Å². The van der Waals surface area contributed by atoms with Crippen molar-refractivity contribution in [1.82, 2.24) is 15.3 Å². The highest BCUT2D eigenvalue weighted by molar-refractivity contribution is 7.99. The Morgan fingerprint density at radius 3 is 2.46 bits per heavy atom. The van der Waals surface area contributed by atoms with Crippen LogP contribution >= 0.6 is 11.8 Å². The minimum absolute atomic E-state index is 0.123. The summed E-state index contributed by atoms with van der Waals surface area (Å²) < 4.78 is 33.3. The number of carbonyl (C=O) groups is 2. The van der Waals surface area contributed by atoms with Crippen molar-refractivity contribution in [1.29, 1.82) is 0 Å². The minimum Gasteiger partial charge on any atom is -0.542 e. The number of carboxylic acid groups (broad SMARTS) is 2. The Morgan fingerprint density at radius 1 is 1.31 bits per heavy atom. The van der Waals surface area contributed by atoms with Crippen LogP contribution in [0.3, 0.4) is 0 Å². The molecule has 0 saturated carbocycles. The van der Waals surface area contributed by atoms with Gasteiger partial charge in [-0.1, -0.05) is 4.68 Å². The van der Waals surface area contributed by atoms with Crippen molar-refractivity contribution in [3.63, 3.8) is 0 Å². The predicted octanol–water partition coefficient (Wildman–Crippen LogP) is -0.0575. The molecule has 0 unspecified atom stereocenters. The lowest BCUT2D eigenvalue weighted by Gasteiger charge is -2.03. The van der Waals surface area contributed by atoms with Gasteiger partial charge < -0.3 is 15.0 Å². The fourth-order valence-electron chi connectivity index (χ4n) is 1.44. The highest BCUT2D eigenvalue weighted by Gasteiger charge is 2.28. The molecule has 2 aromatic heterocycles. The lowest BCUT2D eigenvalue weighted by Crippen LogP contribution is -2.38. The van der Waals surface area contributed by atoms with Crippen molar-refractivity contribution < 1.29 is 37.7 Å². The third kappa shape index (κ3) is 8.37. The molecule has 0 aliphatic carbocycles. The van der Waals surface area contributed by atoms with E-state index in [9.17, 15) is 18.0 Å². The molecule has 0 amide bonds. The number of alkyl halides is 3. The molecule has 12 heteroatoms. The number of aromatic nitrogens is 4. The van der Waals surface area contributed by atoms with Gasteiger partial charge in [-0.3, -0.25) is 4.79 Å². The van der Waals surface area contributed by atoms with Gasteiger partial charge in [0.25, 0.3) is 0 Å². The quantitative estimate of drug-likeness (QED) is 0.538. The third-order valence-corrected chi connectivity index (χ3v) is 3.48. The van der Waals surface area contributed by atoms with Gasteiger partial charge in [-0.25, -0.2) is 0 Å². The number of rotatable bonds is 6. The van der Waals surface area contributed by atoms with Gasteiger partial charge in [0, 0.05) is 17.8 Å². The van der Waals surface area contributed by atoms with Crippen molar-refractivity contribution in [2.75, 3.05) is 11.5 Å². The zero-order valence-corrected chi connectivity index (χ0v) is 13.9. The third-order valence-electron chi connectivity index (χ3n) is 2.56. The molecular formula is C14H13F3N4O4S. The summed E-state index contributed by atoms with van der Waals surface area (Å²) >= 11 is 1.37. The number of aryl methyl sites for hydroxylation is 1. The van der Waals surface area contributed by atoms with Gasteiger partial charge in [0.05, 0.1) is 17.2 Å². The van der Waals surface area contributed by atoms with E-state index >= 15 is 0 Å². The number of hydrogen-bond acceptors (Lipinski definition) is 7. The molecule has 0 bridgehead atoms. The number of hydrogen-bond donors (Lipinski definition) is 1. The normalized spacial score (nSPS) is 10.6. The lowest BCUT2D eigenvalue weighted by molar-refractivity contribution is -0.749. The van der Waals surface area contributed by atoms with E-state index in [-0.39, 0.29) is 5.75 Å². The molecule has 1 N–H and O–H groups in total. The Hall–Kier alpha value is -2.76. The average Bonchev–Trinajstić information content (AvgIpc) is 2.59. The number of thioether (sulfide) groups is 1. The molecule has 0 aliphatic rings. The first-order chi connectivity index (χ1) is 12.2. The average molecular weight is 390 g/mol. The van der Waals surface area contributed by atoms with Gasteiger partial charge in [-0.2, -0.15) is 23.4 Å². The Morgan fingerprint density at radius 2 is 2.00 bits per heavy atom. The summed E-state index contributed by atoms with van der Waals surface area (Å²) in [6.45, 7) is 0.679. The van der Waals surface area contributed by atoms with Crippen molar-refractivity contribution in [2.24, 2.45) is 0 Å². The summed E-state index contributed by atoms with van der Waals surface area (Å²) in [6, 6.07) is 5.61. The molecule has 140 valence electrons.